The summed E-state index contributed by atoms with van der Waals surface area (Å²) in [4.78, 5) is 8.98. The molecule has 3 N–H and O–H groups in total. The molecule has 0 aliphatic heterocycles. The summed E-state index contributed by atoms with van der Waals surface area (Å²) in [7, 11) is -1.07. The number of benzene rings is 2. The topological polar surface area (TPSA) is 105 Å². The molecule has 3 rings (SSSR count). The largest absolute Gasteiger partial charge is 0.497 e. The zero-order chi connectivity index (χ0) is 24.2. The van der Waals surface area contributed by atoms with Crippen LogP contribution in [-0.4, -0.2) is 38.8 Å². The minimum absolute atomic E-state index is 0.0342. The first-order valence-corrected chi connectivity index (χ1v) is 12.0. The van der Waals surface area contributed by atoms with E-state index < -0.39 is 21.8 Å². The quantitative estimate of drug-likeness (QED) is 0.386. The van der Waals surface area contributed by atoms with Gasteiger partial charge in [0.2, 0.25) is 10.0 Å². The van der Waals surface area contributed by atoms with Crippen molar-refractivity contribution in [2.75, 3.05) is 31.0 Å². The van der Waals surface area contributed by atoms with Crippen LogP contribution in [0.2, 0.25) is 0 Å². The molecule has 0 aliphatic rings. The molecule has 0 saturated carbocycles. The Hall–Kier alpha value is -3.03. The van der Waals surface area contributed by atoms with E-state index in [4.69, 9.17) is 4.74 Å². The molecule has 1 heterocycles. The van der Waals surface area contributed by atoms with Gasteiger partial charge < -0.3 is 15.4 Å². The lowest BCUT2D eigenvalue weighted by Gasteiger charge is -2.14. The molecule has 3 aromatic rings. The number of anilines is 4. The molecule has 13 heteroatoms. The van der Waals surface area contributed by atoms with Crippen molar-refractivity contribution < 1.29 is 26.3 Å². The van der Waals surface area contributed by atoms with E-state index in [1.165, 1.54) is 56.5 Å². The zero-order valence-corrected chi connectivity index (χ0v) is 19.3. The van der Waals surface area contributed by atoms with Crippen molar-refractivity contribution >= 4 is 44.8 Å². The number of thioether (sulfide) groups is 1. The minimum Gasteiger partial charge on any atom is -0.497 e. The Morgan fingerprint density at radius 3 is 2.30 bits per heavy atom. The highest BCUT2D eigenvalue weighted by Gasteiger charge is 2.31. The smallest absolute Gasteiger partial charge is 0.416 e. The molecular weight excluding hydrogens is 479 g/mol. The Balaban J connectivity index is 1.91. The van der Waals surface area contributed by atoms with Crippen molar-refractivity contribution in [1.82, 2.24) is 14.7 Å². The maximum absolute atomic E-state index is 13.2. The van der Waals surface area contributed by atoms with Gasteiger partial charge >= 0.3 is 6.18 Å². The van der Waals surface area contributed by atoms with Gasteiger partial charge in [0.05, 0.1) is 23.3 Å². The van der Waals surface area contributed by atoms with Gasteiger partial charge in [0, 0.05) is 22.7 Å². The fourth-order valence-corrected chi connectivity index (χ4v) is 4.09. The third-order valence-corrected chi connectivity index (χ3v) is 6.63. The summed E-state index contributed by atoms with van der Waals surface area (Å²) in [6, 6.07) is 9.33. The van der Waals surface area contributed by atoms with Gasteiger partial charge in [-0.15, -0.1) is 11.8 Å². The molecule has 0 unspecified atom stereocenters. The van der Waals surface area contributed by atoms with Crippen LogP contribution in [0.15, 0.2) is 58.6 Å². The average molecular weight is 500 g/mol. The summed E-state index contributed by atoms with van der Waals surface area (Å²) in [5.74, 6) is 0.561. The molecule has 8 nitrogen and oxygen atoms in total. The number of ether oxygens (including phenoxy) is 1. The molecule has 0 atom stereocenters. The van der Waals surface area contributed by atoms with E-state index in [1.807, 2.05) is 6.26 Å². The van der Waals surface area contributed by atoms with Crippen molar-refractivity contribution in [1.29, 1.82) is 0 Å². The van der Waals surface area contributed by atoms with E-state index in [0.29, 0.717) is 11.5 Å². The third-order valence-electron chi connectivity index (χ3n) is 4.42. The van der Waals surface area contributed by atoms with Crippen LogP contribution in [0.4, 0.5) is 36.2 Å². The Morgan fingerprint density at radius 2 is 1.70 bits per heavy atom. The highest BCUT2D eigenvalue weighted by atomic mass is 32.2. The molecule has 0 saturated heterocycles. The molecule has 176 valence electrons. The Kier molecular flexibility index (Phi) is 7.34. The first-order valence-electron chi connectivity index (χ1n) is 9.29. The lowest BCUT2D eigenvalue weighted by atomic mass is 10.1. The highest BCUT2D eigenvalue weighted by Crippen LogP contribution is 2.35. The van der Waals surface area contributed by atoms with Gasteiger partial charge in [-0.2, -0.15) is 13.2 Å². The molecule has 1 aromatic heterocycles. The molecule has 0 spiro atoms. The summed E-state index contributed by atoms with van der Waals surface area (Å²) < 4.78 is 71.0. The fourth-order valence-electron chi connectivity index (χ4n) is 2.80. The number of nitrogens with one attached hydrogen (secondary N) is 3. The number of methoxy groups -OCH3 is 1. The van der Waals surface area contributed by atoms with E-state index in [9.17, 15) is 21.6 Å². The zero-order valence-electron chi connectivity index (χ0n) is 17.7. The van der Waals surface area contributed by atoms with Crippen LogP contribution >= 0.6 is 11.8 Å². The minimum atomic E-state index is -4.55. The van der Waals surface area contributed by atoms with E-state index in [1.54, 1.807) is 6.07 Å². The monoisotopic (exact) mass is 499 g/mol. The van der Waals surface area contributed by atoms with Gasteiger partial charge in [-0.25, -0.2) is 23.1 Å². The number of hydrogen-bond donors (Lipinski definition) is 3. The predicted molar refractivity (Wildman–Crippen MR) is 121 cm³/mol. The van der Waals surface area contributed by atoms with Crippen LogP contribution in [0.3, 0.4) is 0 Å². The normalized spacial score (nSPS) is 11.8. The van der Waals surface area contributed by atoms with Gasteiger partial charge in [-0.1, -0.05) is 0 Å². The van der Waals surface area contributed by atoms with Crippen molar-refractivity contribution in [3.05, 3.63) is 54.4 Å². The summed E-state index contributed by atoms with van der Waals surface area (Å²) in [6.45, 7) is 0. The Labute approximate surface area is 193 Å². The molecular formula is C20H20F3N5O3S2. The first-order chi connectivity index (χ1) is 15.6. The van der Waals surface area contributed by atoms with Gasteiger partial charge in [-0.3, -0.25) is 0 Å². The SMILES string of the molecule is CNS(=O)(=O)c1ccc(SC)c(Nc2cc(Nc3cc(OC)cc(C(F)(F)F)c3)ncn2)c1. The van der Waals surface area contributed by atoms with Crippen LogP contribution in [0, 0.1) is 0 Å². The number of sulfonamides is 1. The average Bonchev–Trinajstić information content (AvgIpc) is 2.78. The number of hydrogen-bond acceptors (Lipinski definition) is 8. The van der Waals surface area contributed by atoms with Crippen LogP contribution in [0.1, 0.15) is 5.56 Å². The summed E-state index contributed by atoms with van der Waals surface area (Å²) in [6.07, 6.45) is -1.49. The lowest BCUT2D eigenvalue weighted by Crippen LogP contribution is -2.18. The van der Waals surface area contributed by atoms with Gasteiger partial charge in [0.25, 0.3) is 0 Å². The van der Waals surface area contributed by atoms with Crippen LogP contribution in [0.5, 0.6) is 5.75 Å². The maximum Gasteiger partial charge on any atom is 0.416 e. The molecule has 0 fully saturated rings. The number of halogens is 3. The maximum atomic E-state index is 13.2. The lowest BCUT2D eigenvalue weighted by molar-refractivity contribution is -0.137. The summed E-state index contributed by atoms with van der Waals surface area (Å²) >= 11 is 1.40. The summed E-state index contributed by atoms with van der Waals surface area (Å²) in [5, 5.41) is 5.84. The third kappa shape index (κ3) is 6.06. The van der Waals surface area contributed by atoms with Gasteiger partial charge in [0.15, 0.2) is 0 Å². The molecule has 2 aromatic carbocycles. The van der Waals surface area contributed by atoms with Crippen LogP contribution < -0.4 is 20.1 Å². The van der Waals surface area contributed by atoms with Crippen LogP contribution in [0.25, 0.3) is 0 Å². The second-order valence-electron chi connectivity index (χ2n) is 6.56. The molecule has 33 heavy (non-hydrogen) atoms. The fraction of sp³-hybridized carbons (Fsp3) is 0.200. The number of nitrogens with zero attached hydrogens (tertiary/aromatic N) is 2. The second kappa shape index (κ2) is 9.85. The standard InChI is InChI=1S/C20H20F3N5O3S2/c1-24-33(29,30)15-4-5-17(32-3)16(9-15)28-19-10-18(25-11-26-19)27-13-6-12(20(21,22)23)7-14(8-13)31-2/h4-11,24H,1-3H3,(H2,25,26,27,28). The number of alkyl halides is 3. The van der Waals surface area contributed by atoms with E-state index in [2.05, 4.69) is 25.3 Å². The number of rotatable bonds is 8. The van der Waals surface area contributed by atoms with Crippen molar-refractivity contribution in [3.63, 3.8) is 0 Å². The predicted octanol–water partition coefficient (Wildman–Crippen LogP) is 4.62. The second-order valence-corrected chi connectivity index (χ2v) is 9.29. The molecule has 0 bridgehead atoms. The Bertz CT molecular complexity index is 1250. The Morgan fingerprint density at radius 1 is 1.00 bits per heavy atom. The van der Waals surface area contributed by atoms with E-state index >= 15 is 0 Å². The first kappa shape index (κ1) is 24.6. The van der Waals surface area contributed by atoms with E-state index in [-0.39, 0.29) is 22.2 Å². The van der Waals surface area contributed by atoms with Crippen molar-refractivity contribution in [2.24, 2.45) is 0 Å². The molecule has 0 radical (unpaired) electrons. The van der Waals surface area contributed by atoms with Crippen LogP contribution in [-0.2, 0) is 16.2 Å². The molecule has 0 aliphatic carbocycles. The highest BCUT2D eigenvalue weighted by molar-refractivity contribution is 7.98. The van der Waals surface area contributed by atoms with Crippen molar-refractivity contribution in [2.45, 2.75) is 16.0 Å². The summed E-state index contributed by atoms with van der Waals surface area (Å²) in [5.41, 5.74) is -0.258. The van der Waals surface area contributed by atoms with Gasteiger partial charge in [-0.05, 0) is 43.6 Å². The van der Waals surface area contributed by atoms with Gasteiger partial charge in [0.1, 0.15) is 23.7 Å². The van der Waals surface area contributed by atoms with Crippen molar-refractivity contribution in [3.8, 4) is 5.75 Å². The number of aromatic nitrogens is 2. The molecule has 0 amide bonds. The van der Waals surface area contributed by atoms with E-state index in [0.717, 1.165) is 17.0 Å².